The normalized spacial score (nSPS) is 18.8. The van der Waals surface area contributed by atoms with Crippen LogP contribution in [0.2, 0.25) is 5.02 Å². The van der Waals surface area contributed by atoms with Crippen LogP contribution >= 0.6 is 11.6 Å². The molecule has 0 unspecified atom stereocenters. The highest BCUT2D eigenvalue weighted by molar-refractivity contribution is 6.34. The summed E-state index contributed by atoms with van der Waals surface area (Å²) in [4.78, 5) is 26.2. The first-order chi connectivity index (χ1) is 11.0. The van der Waals surface area contributed by atoms with E-state index >= 15 is 0 Å². The van der Waals surface area contributed by atoms with Crippen molar-refractivity contribution < 1.29 is 14.3 Å². The van der Waals surface area contributed by atoms with Crippen LogP contribution in [0.25, 0.3) is 0 Å². The molecule has 2 atom stereocenters. The van der Waals surface area contributed by atoms with Gasteiger partial charge in [-0.2, -0.15) is 0 Å². The summed E-state index contributed by atoms with van der Waals surface area (Å²) in [7, 11) is 0. The molecule has 0 aromatic heterocycles. The Morgan fingerprint density at radius 3 is 3.00 bits per heavy atom. The fourth-order valence-electron chi connectivity index (χ4n) is 2.42. The summed E-state index contributed by atoms with van der Waals surface area (Å²) < 4.78 is 5.39. The summed E-state index contributed by atoms with van der Waals surface area (Å²) in [5.41, 5.74) is 0.672. The molecule has 1 aromatic rings. The van der Waals surface area contributed by atoms with E-state index in [1.165, 1.54) is 0 Å². The van der Waals surface area contributed by atoms with E-state index in [4.69, 9.17) is 16.3 Å². The van der Waals surface area contributed by atoms with Gasteiger partial charge >= 0.3 is 0 Å². The Kier molecular flexibility index (Phi) is 6.19. The molecule has 2 rings (SSSR count). The Balaban J connectivity index is 1.93. The molecule has 1 N–H and O–H groups in total. The number of para-hydroxylation sites is 1. The molecule has 0 aliphatic carbocycles. The fraction of sp³-hybridized carbons (Fsp3) is 0.412. The van der Waals surface area contributed by atoms with E-state index in [1.54, 1.807) is 30.0 Å². The number of rotatable bonds is 7. The van der Waals surface area contributed by atoms with Crippen molar-refractivity contribution in [2.24, 2.45) is 0 Å². The van der Waals surface area contributed by atoms with E-state index in [1.807, 2.05) is 12.1 Å². The zero-order valence-corrected chi connectivity index (χ0v) is 13.9. The van der Waals surface area contributed by atoms with Gasteiger partial charge in [-0.25, -0.2) is 0 Å². The second-order valence-corrected chi connectivity index (χ2v) is 5.79. The van der Waals surface area contributed by atoms with Gasteiger partial charge in [-0.15, -0.1) is 6.58 Å². The highest BCUT2D eigenvalue weighted by Crippen LogP contribution is 2.28. The van der Waals surface area contributed by atoms with Gasteiger partial charge in [0.2, 0.25) is 11.8 Å². The molecule has 1 aliphatic heterocycles. The Hall–Kier alpha value is -1.85. The molecular weight excluding hydrogens is 316 g/mol. The molecule has 0 bridgehead atoms. The van der Waals surface area contributed by atoms with E-state index in [-0.39, 0.29) is 11.8 Å². The number of hydrogen-bond acceptors (Lipinski definition) is 3. The Morgan fingerprint density at radius 2 is 2.30 bits per heavy atom. The number of carbonyl (C=O) groups is 2. The maximum atomic E-state index is 12.5. The van der Waals surface area contributed by atoms with Gasteiger partial charge in [0.15, 0.2) is 0 Å². The van der Waals surface area contributed by atoms with Crippen LogP contribution in [0.3, 0.4) is 0 Å². The molecular formula is C17H21ClN2O3. The summed E-state index contributed by atoms with van der Waals surface area (Å²) in [6, 6.07) is 6.64. The lowest BCUT2D eigenvalue weighted by Crippen LogP contribution is -2.45. The number of nitrogens with one attached hydrogen (secondary N) is 1. The van der Waals surface area contributed by atoms with Crippen LogP contribution in [0.15, 0.2) is 36.9 Å². The lowest BCUT2D eigenvalue weighted by Gasteiger charge is -2.19. The predicted molar refractivity (Wildman–Crippen MR) is 90.6 cm³/mol. The monoisotopic (exact) mass is 336 g/mol. The molecule has 0 saturated carbocycles. The maximum Gasteiger partial charge on any atom is 0.249 e. The van der Waals surface area contributed by atoms with E-state index < -0.39 is 12.1 Å². The summed E-state index contributed by atoms with van der Waals surface area (Å²) in [5.74, 6) is -0.432. The molecule has 0 spiro atoms. The van der Waals surface area contributed by atoms with Crippen molar-refractivity contribution >= 4 is 29.1 Å². The van der Waals surface area contributed by atoms with Gasteiger partial charge in [0.25, 0.3) is 0 Å². The highest BCUT2D eigenvalue weighted by atomic mass is 35.5. The van der Waals surface area contributed by atoms with Crippen LogP contribution < -0.4 is 10.2 Å². The van der Waals surface area contributed by atoms with E-state index in [0.717, 1.165) is 0 Å². The number of nitrogens with zero attached hydrogens (tertiary/aromatic N) is 1. The molecule has 1 fully saturated rings. The predicted octanol–water partition coefficient (Wildman–Crippen LogP) is 2.54. The van der Waals surface area contributed by atoms with Crippen molar-refractivity contribution in [2.75, 3.05) is 18.1 Å². The van der Waals surface area contributed by atoms with Gasteiger partial charge in [0, 0.05) is 6.54 Å². The number of carbonyl (C=O) groups excluding carboxylic acids is 2. The first-order valence-corrected chi connectivity index (χ1v) is 8.01. The largest absolute Gasteiger partial charge is 0.368 e. The van der Waals surface area contributed by atoms with Crippen LogP contribution in [-0.4, -0.2) is 37.1 Å². The number of hydrogen-bond donors (Lipinski definition) is 1. The molecule has 5 nitrogen and oxygen atoms in total. The number of amides is 2. The topological polar surface area (TPSA) is 58.6 Å². The van der Waals surface area contributed by atoms with Gasteiger partial charge in [0.1, 0.15) is 12.1 Å². The first-order valence-electron chi connectivity index (χ1n) is 7.63. The Labute approximate surface area is 141 Å². The summed E-state index contributed by atoms with van der Waals surface area (Å²) in [6.07, 6.45) is 2.36. The summed E-state index contributed by atoms with van der Waals surface area (Å²) >= 11 is 6.14. The number of benzene rings is 1. The lowest BCUT2D eigenvalue weighted by molar-refractivity contribution is -0.134. The van der Waals surface area contributed by atoms with Crippen molar-refractivity contribution in [1.82, 2.24) is 5.32 Å². The third-order valence-electron chi connectivity index (χ3n) is 3.72. The maximum absolute atomic E-state index is 12.5. The second-order valence-electron chi connectivity index (χ2n) is 5.38. The van der Waals surface area contributed by atoms with Gasteiger partial charge < -0.3 is 15.0 Å². The van der Waals surface area contributed by atoms with Gasteiger partial charge in [0.05, 0.1) is 17.3 Å². The fourth-order valence-corrected chi connectivity index (χ4v) is 2.65. The highest BCUT2D eigenvalue weighted by Gasteiger charge is 2.35. The minimum Gasteiger partial charge on any atom is -0.368 e. The van der Waals surface area contributed by atoms with Crippen molar-refractivity contribution in [2.45, 2.75) is 31.9 Å². The van der Waals surface area contributed by atoms with Crippen molar-refractivity contribution in [1.29, 1.82) is 0 Å². The zero-order valence-electron chi connectivity index (χ0n) is 13.1. The van der Waals surface area contributed by atoms with Crippen LogP contribution in [-0.2, 0) is 14.3 Å². The Bertz CT molecular complexity index is 591. The zero-order chi connectivity index (χ0) is 16.8. The average Bonchev–Trinajstić information content (AvgIpc) is 2.89. The molecule has 1 aromatic carbocycles. The smallest absolute Gasteiger partial charge is 0.249 e. The van der Waals surface area contributed by atoms with E-state index in [2.05, 4.69) is 11.9 Å². The first kappa shape index (κ1) is 17.5. The number of halogens is 1. The SMILES string of the molecule is C=CCCO[C@H](C)C(=O)N[C@H]1CCN(c2ccccc2Cl)C1=O. The van der Waals surface area contributed by atoms with Crippen LogP contribution in [0.1, 0.15) is 19.8 Å². The van der Waals surface area contributed by atoms with Gasteiger partial charge in [-0.05, 0) is 31.9 Å². The molecule has 1 saturated heterocycles. The average molecular weight is 337 g/mol. The summed E-state index contributed by atoms with van der Waals surface area (Å²) in [6.45, 7) is 6.23. The van der Waals surface area contributed by atoms with Crippen molar-refractivity contribution in [3.05, 3.63) is 41.9 Å². The summed E-state index contributed by atoms with van der Waals surface area (Å²) in [5, 5.41) is 3.27. The molecule has 2 amide bonds. The molecule has 23 heavy (non-hydrogen) atoms. The van der Waals surface area contributed by atoms with Crippen molar-refractivity contribution in [3.63, 3.8) is 0 Å². The number of anilines is 1. The van der Waals surface area contributed by atoms with E-state index in [9.17, 15) is 9.59 Å². The van der Waals surface area contributed by atoms with Crippen molar-refractivity contribution in [3.8, 4) is 0 Å². The van der Waals surface area contributed by atoms with Crippen LogP contribution in [0, 0.1) is 0 Å². The molecule has 6 heteroatoms. The third kappa shape index (κ3) is 4.33. The minimum atomic E-state index is -0.600. The van der Waals surface area contributed by atoms with Gasteiger partial charge in [-0.1, -0.05) is 29.8 Å². The van der Waals surface area contributed by atoms with Crippen LogP contribution in [0.4, 0.5) is 5.69 Å². The standard InChI is InChI=1S/C17H21ClN2O3/c1-3-4-11-23-12(2)16(21)19-14-9-10-20(17(14)22)15-8-6-5-7-13(15)18/h3,5-8,12,14H,1,4,9-11H2,2H3,(H,19,21)/t12-,14+/m1/s1. The van der Waals surface area contributed by atoms with Crippen LogP contribution in [0.5, 0.6) is 0 Å². The number of ether oxygens (including phenoxy) is 1. The molecule has 1 aliphatic rings. The Morgan fingerprint density at radius 1 is 1.57 bits per heavy atom. The third-order valence-corrected chi connectivity index (χ3v) is 4.04. The minimum absolute atomic E-state index is 0.148. The molecule has 1 heterocycles. The van der Waals surface area contributed by atoms with Gasteiger partial charge in [-0.3, -0.25) is 9.59 Å². The molecule has 124 valence electrons. The van der Waals surface area contributed by atoms with E-state index in [0.29, 0.717) is 36.7 Å². The lowest BCUT2D eigenvalue weighted by atomic mass is 10.2. The molecule has 0 radical (unpaired) electrons. The second kappa shape index (κ2) is 8.13. The quantitative estimate of drug-likeness (QED) is 0.615.